The van der Waals surface area contributed by atoms with Crippen molar-refractivity contribution in [2.24, 2.45) is 0 Å². The molecule has 1 aromatic carbocycles. The molecule has 3 heteroatoms. The summed E-state index contributed by atoms with van der Waals surface area (Å²) in [5.74, 6) is 0. The zero-order chi connectivity index (χ0) is 10.1. The first kappa shape index (κ1) is 9.04. The Balaban J connectivity index is 2.77. The molecule has 0 aliphatic heterocycles. The second kappa shape index (κ2) is 3.32. The average molecular weight is 202 g/mol. The number of benzene rings is 1. The molecule has 0 spiro atoms. The van der Waals surface area contributed by atoms with Crippen molar-refractivity contribution in [3.63, 3.8) is 0 Å². The van der Waals surface area contributed by atoms with Gasteiger partial charge in [0.2, 0.25) is 0 Å². The van der Waals surface area contributed by atoms with E-state index < -0.39 is 0 Å². The molecule has 2 rings (SSSR count). The van der Waals surface area contributed by atoms with Crippen LogP contribution in [0.15, 0.2) is 17.5 Å². The molecule has 0 fully saturated rings. The van der Waals surface area contributed by atoms with Gasteiger partial charge in [-0.3, -0.25) is 0 Å². The SMILES string of the molecule is Cc1c(N)ccc2scc(CC#N)c12. The topological polar surface area (TPSA) is 49.8 Å². The van der Waals surface area contributed by atoms with E-state index in [9.17, 15) is 0 Å². The standard InChI is InChI=1S/C11H10N2S/c1-7-9(13)2-3-10-11(7)8(4-5-12)6-14-10/h2-3,6H,4,13H2,1H3. The summed E-state index contributed by atoms with van der Waals surface area (Å²) in [4.78, 5) is 0. The number of anilines is 1. The van der Waals surface area contributed by atoms with E-state index in [1.807, 2.05) is 24.4 Å². The molecule has 2 N–H and O–H groups in total. The van der Waals surface area contributed by atoms with Gasteiger partial charge < -0.3 is 5.73 Å². The van der Waals surface area contributed by atoms with Gasteiger partial charge in [-0.2, -0.15) is 5.26 Å². The third kappa shape index (κ3) is 1.24. The number of nitrogens with zero attached hydrogens (tertiary/aromatic N) is 1. The summed E-state index contributed by atoms with van der Waals surface area (Å²) in [5, 5.41) is 11.9. The van der Waals surface area contributed by atoms with Crippen molar-refractivity contribution in [1.29, 1.82) is 5.26 Å². The fourth-order valence-electron chi connectivity index (χ4n) is 1.61. The highest BCUT2D eigenvalue weighted by molar-refractivity contribution is 7.17. The summed E-state index contributed by atoms with van der Waals surface area (Å²) in [6.45, 7) is 2.01. The van der Waals surface area contributed by atoms with Crippen molar-refractivity contribution < 1.29 is 0 Å². The summed E-state index contributed by atoms with van der Waals surface area (Å²) < 4.78 is 1.21. The minimum atomic E-state index is 0.463. The third-order valence-electron chi connectivity index (χ3n) is 2.39. The number of thiophene rings is 1. The van der Waals surface area contributed by atoms with Crippen LogP contribution < -0.4 is 5.73 Å². The van der Waals surface area contributed by atoms with Crippen LogP contribution in [0.2, 0.25) is 0 Å². The first-order chi connectivity index (χ1) is 6.74. The maximum absolute atomic E-state index is 8.68. The number of rotatable bonds is 1. The molecule has 0 amide bonds. The van der Waals surface area contributed by atoms with Crippen molar-refractivity contribution in [1.82, 2.24) is 0 Å². The van der Waals surface area contributed by atoms with E-state index in [1.54, 1.807) is 11.3 Å². The lowest BCUT2D eigenvalue weighted by atomic mass is 10.0. The minimum absolute atomic E-state index is 0.463. The van der Waals surface area contributed by atoms with Crippen LogP contribution in [0.3, 0.4) is 0 Å². The summed E-state index contributed by atoms with van der Waals surface area (Å²) in [6.07, 6.45) is 0.463. The van der Waals surface area contributed by atoms with Gasteiger partial charge in [0.25, 0.3) is 0 Å². The highest BCUT2D eigenvalue weighted by Crippen LogP contribution is 2.31. The smallest absolute Gasteiger partial charge is 0.0670 e. The second-order valence-electron chi connectivity index (χ2n) is 3.25. The molecular weight excluding hydrogens is 192 g/mol. The van der Waals surface area contributed by atoms with Gasteiger partial charge in [0, 0.05) is 15.8 Å². The van der Waals surface area contributed by atoms with Crippen LogP contribution in [0.4, 0.5) is 5.69 Å². The Hall–Kier alpha value is -1.53. The van der Waals surface area contributed by atoms with Gasteiger partial charge in [0.1, 0.15) is 0 Å². The van der Waals surface area contributed by atoms with E-state index in [2.05, 4.69) is 6.07 Å². The van der Waals surface area contributed by atoms with Crippen molar-refractivity contribution in [2.45, 2.75) is 13.3 Å². The number of fused-ring (bicyclic) bond motifs is 1. The molecular formula is C11H10N2S. The molecule has 0 aliphatic carbocycles. The maximum atomic E-state index is 8.68. The van der Waals surface area contributed by atoms with E-state index in [0.29, 0.717) is 6.42 Å². The van der Waals surface area contributed by atoms with Gasteiger partial charge in [0.15, 0.2) is 0 Å². The Morgan fingerprint density at radius 1 is 1.50 bits per heavy atom. The summed E-state index contributed by atoms with van der Waals surface area (Å²) in [6, 6.07) is 6.11. The Kier molecular flexibility index (Phi) is 2.14. The van der Waals surface area contributed by atoms with E-state index in [-0.39, 0.29) is 0 Å². The van der Waals surface area contributed by atoms with Crippen molar-refractivity contribution in [2.75, 3.05) is 5.73 Å². The Morgan fingerprint density at radius 3 is 3.00 bits per heavy atom. The van der Waals surface area contributed by atoms with Crippen molar-refractivity contribution >= 4 is 27.1 Å². The predicted molar refractivity (Wildman–Crippen MR) is 60.3 cm³/mol. The molecule has 2 aromatic rings. The number of nitriles is 1. The fraction of sp³-hybridized carbons (Fsp3) is 0.182. The first-order valence-electron chi connectivity index (χ1n) is 4.36. The van der Waals surface area contributed by atoms with Crippen LogP contribution in [0, 0.1) is 18.3 Å². The highest BCUT2D eigenvalue weighted by atomic mass is 32.1. The highest BCUT2D eigenvalue weighted by Gasteiger charge is 2.07. The predicted octanol–water partition coefficient (Wildman–Crippen LogP) is 2.86. The summed E-state index contributed by atoms with van der Waals surface area (Å²) in [7, 11) is 0. The van der Waals surface area contributed by atoms with Crippen LogP contribution >= 0.6 is 11.3 Å². The summed E-state index contributed by atoms with van der Waals surface area (Å²) in [5.41, 5.74) is 8.82. The molecule has 14 heavy (non-hydrogen) atoms. The molecule has 0 aliphatic rings. The van der Waals surface area contributed by atoms with Gasteiger partial charge in [-0.1, -0.05) is 0 Å². The van der Waals surface area contributed by atoms with Gasteiger partial charge >= 0.3 is 0 Å². The lowest BCUT2D eigenvalue weighted by molar-refractivity contribution is 1.30. The van der Waals surface area contributed by atoms with Gasteiger partial charge in [-0.05, 0) is 35.6 Å². The maximum Gasteiger partial charge on any atom is 0.0670 e. The van der Waals surface area contributed by atoms with Crippen LogP contribution in [-0.2, 0) is 6.42 Å². The first-order valence-corrected chi connectivity index (χ1v) is 5.24. The minimum Gasteiger partial charge on any atom is -0.398 e. The molecule has 0 unspecified atom stereocenters. The number of nitrogen functional groups attached to an aromatic ring is 1. The number of aryl methyl sites for hydroxylation is 1. The Bertz CT molecular complexity index is 520. The van der Waals surface area contributed by atoms with Crippen LogP contribution in [0.1, 0.15) is 11.1 Å². The Morgan fingerprint density at radius 2 is 2.29 bits per heavy atom. The largest absolute Gasteiger partial charge is 0.398 e. The molecule has 1 aromatic heterocycles. The molecule has 2 nitrogen and oxygen atoms in total. The molecule has 0 radical (unpaired) electrons. The fourth-order valence-corrected chi connectivity index (χ4v) is 2.63. The van der Waals surface area contributed by atoms with Crippen LogP contribution in [0.25, 0.3) is 10.1 Å². The second-order valence-corrected chi connectivity index (χ2v) is 4.16. The quantitative estimate of drug-likeness (QED) is 0.723. The van der Waals surface area contributed by atoms with E-state index in [1.165, 1.54) is 4.70 Å². The lowest BCUT2D eigenvalue weighted by Gasteiger charge is -2.02. The number of hydrogen-bond donors (Lipinski definition) is 1. The Labute approximate surface area is 86.6 Å². The van der Waals surface area contributed by atoms with E-state index in [0.717, 1.165) is 22.2 Å². The molecule has 0 bridgehead atoms. The molecule has 1 heterocycles. The molecule has 0 saturated carbocycles. The molecule has 0 atom stereocenters. The monoisotopic (exact) mass is 202 g/mol. The third-order valence-corrected chi connectivity index (χ3v) is 3.38. The van der Waals surface area contributed by atoms with E-state index >= 15 is 0 Å². The summed E-state index contributed by atoms with van der Waals surface area (Å²) >= 11 is 1.67. The number of nitrogens with two attached hydrogens (primary N) is 1. The van der Waals surface area contributed by atoms with Crippen molar-refractivity contribution in [3.8, 4) is 6.07 Å². The van der Waals surface area contributed by atoms with Crippen LogP contribution in [-0.4, -0.2) is 0 Å². The average Bonchev–Trinajstić information content (AvgIpc) is 2.57. The zero-order valence-corrected chi connectivity index (χ0v) is 8.69. The number of hydrogen-bond acceptors (Lipinski definition) is 3. The zero-order valence-electron chi connectivity index (χ0n) is 7.87. The molecule has 0 saturated heterocycles. The van der Waals surface area contributed by atoms with Crippen molar-refractivity contribution in [3.05, 3.63) is 28.6 Å². The normalized spacial score (nSPS) is 10.3. The molecule has 70 valence electrons. The van der Waals surface area contributed by atoms with Gasteiger partial charge in [0.05, 0.1) is 12.5 Å². The van der Waals surface area contributed by atoms with Gasteiger partial charge in [-0.15, -0.1) is 11.3 Å². The van der Waals surface area contributed by atoms with E-state index in [4.69, 9.17) is 11.0 Å². The lowest BCUT2D eigenvalue weighted by Crippen LogP contribution is -1.90. The van der Waals surface area contributed by atoms with Gasteiger partial charge in [-0.25, -0.2) is 0 Å². The van der Waals surface area contributed by atoms with Crippen LogP contribution in [0.5, 0.6) is 0 Å².